The lowest BCUT2D eigenvalue weighted by atomic mass is 9.97. The Kier molecular flexibility index (Phi) is 5.08. The van der Waals surface area contributed by atoms with Crippen molar-refractivity contribution < 1.29 is 4.57 Å². The summed E-state index contributed by atoms with van der Waals surface area (Å²) in [5, 5.41) is 0. The summed E-state index contributed by atoms with van der Waals surface area (Å²) in [7, 11) is 0. The van der Waals surface area contributed by atoms with Gasteiger partial charge in [0.2, 0.25) is 11.4 Å². The van der Waals surface area contributed by atoms with E-state index in [1.165, 1.54) is 44.8 Å². The number of hydrogen-bond acceptors (Lipinski definition) is 0. The van der Waals surface area contributed by atoms with Gasteiger partial charge in [-0.15, -0.1) is 0 Å². The maximum Gasteiger partial charge on any atom is 0.213 e. The van der Waals surface area contributed by atoms with Crippen LogP contribution in [0.25, 0.3) is 33.6 Å². The van der Waals surface area contributed by atoms with E-state index in [1.807, 2.05) is 0 Å². The molecule has 0 aliphatic heterocycles. The highest BCUT2D eigenvalue weighted by molar-refractivity contribution is 5.73. The summed E-state index contributed by atoms with van der Waals surface area (Å²) in [6.45, 7) is 0. The smallest absolute Gasteiger partial charge is 0.188 e. The molecule has 0 amide bonds. The molecule has 1 aliphatic rings. The van der Waals surface area contributed by atoms with Crippen LogP contribution in [0.1, 0.15) is 17.2 Å². The van der Waals surface area contributed by atoms with Crippen molar-refractivity contribution in [3.8, 4) is 33.6 Å². The van der Waals surface area contributed by atoms with E-state index in [-0.39, 0.29) is 0 Å². The second-order valence-electron chi connectivity index (χ2n) is 8.81. The lowest BCUT2D eigenvalue weighted by molar-refractivity contribution is -0.700. The van der Waals surface area contributed by atoms with Gasteiger partial charge in [0.1, 0.15) is 0 Å². The molecule has 1 aromatic heterocycles. The molecule has 0 saturated heterocycles. The number of pyridine rings is 1. The molecule has 1 heterocycles. The van der Waals surface area contributed by atoms with Crippen LogP contribution in [-0.2, 0) is 12.8 Å². The fraction of sp³-hybridized carbons (Fsp3) is 0.0938. The third kappa shape index (κ3) is 3.76. The molecule has 0 N–H and O–H groups in total. The zero-order valence-electron chi connectivity index (χ0n) is 18.6. The van der Waals surface area contributed by atoms with Gasteiger partial charge in [-0.05, 0) is 46.5 Å². The largest absolute Gasteiger partial charge is 0.213 e. The van der Waals surface area contributed by atoms with E-state index in [0.717, 1.165) is 12.8 Å². The van der Waals surface area contributed by atoms with Crippen molar-refractivity contribution in [2.75, 3.05) is 0 Å². The van der Waals surface area contributed by atoms with E-state index < -0.39 is 0 Å². The van der Waals surface area contributed by atoms with Gasteiger partial charge >= 0.3 is 0 Å². The van der Waals surface area contributed by atoms with Gasteiger partial charge in [0.25, 0.3) is 0 Å². The van der Waals surface area contributed by atoms with Crippen molar-refractivity contribution in [3.05, 3.63) is 139 Å². The molecule has 0 spiro atoms. The molecule has 0 radical (unpaired) electrons. The summed E-state index contributed by atoms with van der Waals surface area (Å²) >= 11 is 0. The van der Waals surface area contributed by atoms with Gasteiger partial charge in [-0.2, -0.15) is 4.57 Å². The van der Waals surface area contributed by atoms with E-state index >= 15 is 0 Å². The van der Waals surface area contributed by atoms with Crippen molar-refractivity contribution in [3.63, 3.8) is 0 Å². The maximum absolute atomic E-state index is 2.59. The van der Waals surface area contributed by atoms with E-state index in [9.17, 15) is 0 Å². The summed E-state index contributed by atoms with van der Waals surface area (Å²) in [6.07, 6.45) is 2.12. The molecule has 4 aromatic carbocycles. The van der Waals surface area contributed by atoms with Crippen molar-refractivity contribution in [1.82, 2.24) is 0 Å². The Labute approximate surface area is 195 Å². The van der Waals surface area contributed by atoms with Gasteiger partial charge in [-0.3, -0.25) is 0 Å². The molecule has 0 saturated carbocycles. The molecular formula is C32H26N+. The standard InChI is InChI=1S/C32H26N/c1-4-12-24(13-5-1)29-22-31(25-14-6-2-7-15-25)33(32(23-29)26-16-8-3-9-17-26)30-20-27-18-10-11-19-28(27)21-30/h1-19,22-23,30H,20-21H2/q+1. The zero-order chi connectivity index (χ0) is 22.0. The molecule has 0 unspecified atom stereocenters. The van der Waals surface area contributed by atoms with Crippen molar-refractivity contribution in [2.24, 2.45) is 0 Å². The molecule has 0 bridgehead atoms. The van der Waals surface area contributed by atoms with Crippen molar-refractivity contribution in [2.45, 2.75) is 18.9 Å². The molecule has 1 aliphatic carbocycles. The zero-order valence-corrected chi connectivity index (χ0v) is 18.6. The highest BCUT2D eigenvalue weighted by Crippen LogP contribution is 2.34. The van der Waals surface area contributed by atoms with E-state index in [2.05, 4.69) is 132 Å². The van der Waals surface area contributed by atoms with E-state index in [4.69, 9.17) is 0 Å². The van der Waals surface area contributed by atoms with Crippen LogP contribution in [0.4, 0.5) is 0 Å². The van der Waals surface area contributed by atoms with E-state index in [1.54, 1.807) is 0 Å². The summed E-state index contributed by atoms with van der Waals surface area (Å²) in [6, 6.07) is 46.5. The summed E-state index contributed by atoms with van der Waals surface area (Å²) in [5.41, 5.74) is 10.5. The van der Waals surface area contributed by atoms with Gasteiger partial charge in [0.15, 0.2) is 6.04 Å². The van der Waals surface area contributed by atoms with Crippen LogP contribution in [0.5, 0.6) is 0 Å². The average Bonchev–Trinajstić information content (AvgIpc) is 3.33. The Balaban J connectivity index is 1.62. The first-order valence-corrected chi connectivity index (χ1v) is 11.7. The minimum absolute atomic E-state index is 0.387. The van der Waals surface area contributed by atoms with Crippen LogP contribution in [0.15, 0.2) is 127 Å². The Hall–Kier alpha value is -3.97. The number of hydrogen-bond donors (Lipinski definition) is 0. The lowest BCUT2D eigenvalue weighted by Crippen LogP contribution is -2.44. The summed E-state index contributed by atoms with van der Waals surface area (Å²) in [5.74, 6) is 0. The molecule has 158 valence electrons. The summed E-state index contributed by atoms with van der Waals surface area (Å²) < 4.78 is 2.59. The fourth-order valence-corrected chi connectivity index (χ4v) is 5.18. The first kappa shape index (κ1) is 19.7. The minimum atomic E-state index is 0.387. The van der Waals surface area contributed by atoms with Crippen molar-refractivity contribution >= 4 is 0 Å². The highest BCUT2D eigenvalue weighted by atomic mass is 15.0. The minimum Gasteiger partial charge on any atom is -0.188 e. The molecule has 0 fully saturated rings. The Bertz CT molecular complexity index is 1300. The number of nitrogens with zero attached hydrogens (tertiary/aromatic N) is 1. The Morgan fingerprint density at radius 3 is 1.27 bits per heavy atom. The fourth-order valence-electron chi connectivity index (χ4n) is 5.18. The van der Waals surface area contributed by atoms with Gasteiger partial charge in [-0.1, -0.05) is 91.0 Å². The molecule has 6 rings (SSSR count). The molecule has 1 heteroatoms. The first-order chi connectivity index (χ1) is 16.4. The normalized spacial score (nSPS) is 13.1. The summed E-state index contributed by atoms with van der Waals surface area (Å²) in [4.78, 5) is 0. The quantitative estimate of drug-likeness (QED) is 0.266. The SMILES string of the molecule is c1ccc(-c2cc(-c3ccccc3)[n+](C3Cc4ccccc4C3)c(-c3ccccc3)c2)cc1. The van der Waals surface area contributed by atoms with Crippen LogP contribution >= 0.6 is 0 Å². The monoisotopic (exact) mass is 424 g/mol. The maximum atomic E-state index is 2.59. The second kappa shape index (κ2) is 8.52. The van der Waals surface area contributed by atoms with Crippen LogP contribution in [0, 0.1) is 0 Å². The highest BCUT2D eigenvalue weighted by Gasteiger charge is 2.34. The number of aromatic nitrogens is 1. The third-order valence-electron chi connectivity index (χ3n) is 6.74. The lowest BCUT2D eigenvalue weighted by Gasteiger charge is -2.17. The molecular weight excluding hydrogens is 398 g/mol. The first-order valence-electron chi connectivity index (χ1n) is 11.7. The van der Waals surface area contributed by atoms with E-state index in [0.29, 0.717) is 6.04 Å². The second-order valence-corrected chi connectivity index (χ2v) is 8.81. The van der Waals surface area contributed by atoms with Crippen LogP contribution in [0.3, 0.4) is 0 Å². The average molecular weight is 425 g/mol. The topological polar surface area (TPSA) is 3.88 Å². The number of benzene rings is 4. The Morgan fingerprint density at radius 2 is 0.818 bits per heavy atom. The van der Waals surface area contributed by atoms with Crippen molar-refractivity contribution in [1.29, 1.82) is 0 Å². The van der Waals surface area contributed by atoms with Crippen LogP contribution in [0.2, 0.25) is 0 Å². The predicted octanol–water partition coefficient (Wildman–Crippen LogP) is 7.32. The third-order valence-corrected chi connectivity index (χ3v) is 6.74. The van der Waals surface area contributed by atoms with Crippen LogP contribution < -0.4 is 4.57 Å². The van der Waals surface area contributed by atoms with Gasteiger partial charge < -0.3 is 0 Å². The molecule has 33 heavy (non-hydrogen) atoms. The van der Waals surface area contributed by atoms with Gasteiger partial charge in [0, 0.05) is 36.1 Å². The van der Waals surface area contributed by atoms with Crippen LogP contribution in [-0.4, -0.2) is 0 Å². The number of rotatable bonds is 4. The molecule has 5 aromatic rings. The number of fused-ring (bicyclic) bond motifs is 1. The Morgan fingerprint density at radius 1 is 0.424 bits per heavy atom. The predicted molar refractivity (Wildman–Crippen MR) is 136 cm³/mol. The van der Waals surface area contributed by atoms with Gasteiger partial charge in [-0.25, -0.2) is 0 Å². The van der Waals surface area contributed by atoms with Gasteiger partial charge in [0.05, 0.1) is 0 Å². The molecule has 0 atom stereocenters. The molecule has 1 nitrogen and oxygen atoms in total.